The molecule has 0 aliphatic carbocycles. The lowest BCUT2D eigenvalue weighted by atomic mass is 10.2. The van der Waals surface area contributed by atoms with E-state index in [0.717, 1.165) is 5.56 Å². The van der Waals surface area contributed by atoms with E-state index in [1.807, 2.05) is 32.0 Å². The molecule has 0 spiro atoms. The summed E-state index contributed by atoms with van der Waals surface area (Å²) >= 11 is 7.43. The summed E-state index contributed by atoms with van der Waals surface area (Å²) in [5.41, 5.74) is 2.26. The van der Waals surface area contributed by atoms with Crippen LogP contribution in [0.25, 0.3) is 0 Å². The monoisotopic (exact) mass is 431 g/mol. The maximum atomic E-state index is 12.6. The number of rotatable bonds is 6. The van der Waals surface area contributed by atoms with Crippen molar-refractivity contribution in [2.45, 2.75) is 25.5 Å². The number of amidine groups is 1. The van der Waals surface area contributed by atoms with E-state index >= 15 is 0 Å². The van der Waals surface area contributed by atoms with Crippen LogP contribution in [0.5, 0.6) is 5.75 Å². The molecule has 1 aliphatic rings. The predicted octanol–water partition coefficient (Wildman–Crippen LogP) is 4.64. The van der Waals surface area contributed by atoms with Crippen LogP contribution < -0.4 is 10.1 Å². The molecule has 29 heavy (non-hydrogen) atoms. The van der Waals surface area contributed by atoms with E-state index in [4.69, 9.17) is 16.3 Å². The van der Waals surface area contributed by atoms with Gasteiger partial charge in [0.1, 0.15) is 11.0 Å². The third-order valence-corrected chi connectivity index (χ3v) is 5.96. The predicted molar refractivity (Wildman–Crippen MR) is 118 cm³/mol. The summed E-state index contributed by atoms with van der Waals surface area (Å²) in [6, 6.07) is 12.7. The van der Waals surface area contributed by atoms with Crippen molar-refractivity contribution in [1.29, 1.82) is 0 Å². The molecular weight excluding hydrogens is 410 g/mol. The zero-order chi connectivity index (χ0) is 21.0. The highest BCUT2D eigenvalue weighted by Crippen LogP contribution is 2.32. The summed E-state index contributed by atoms with van der Waals surface area (Å²) in [5.74, 6) is 0.297. The molecule has 0 aromatic heterocycles. The highest BCUT2D eigenvalue weighted by Gasteiger charge is 2.37. The second-order valence-corrected chi connectivity index (χ2v) is 8.12. The Labute approximate surface area is 179 Å². The fraction of sp³-hybridized carbons (Fsp3) is 0.286. The zero-order valence-electron chi connectivity index (χ0n) is 16.4. The number of nitrogens with zero attached hydrogens (tertiary/aromatic N) is 2. The minimum absolute atomic E-state index is 0.0559. The Morgan fingerprint density at radius 3 is 2.83 bits per heavy atom. The molecule has 3 rings (SSSR count). The quantitative estimate of drug-likeness (QED) is 0.723. The van der Waals surface area contributed by atoms with Crippen LogP contribution in [0.1, 0.15) is 18.9 Å². The first-order valence-corrected chi connectivity index (χ1v) is 10.4. The van der Waals surface area contributed by atoms with Crippen LogP contribution in [0.4, 0.5) is 11.4 Å². The number of thioether (sulfide) groups is 1. The van der Waals surface area contributed by atoms with Gasteiger partial charge in [0.15, 0.2) is 5.17 Å². The van der Waals surface area contributed by atoms with Crippen molar-refractivity contribution in [2.75, 3.05) is 19.0 Å². The van der Waals surface area contributed by atoms with Crippen LogP contribution in [-0.4, -0.2) is 40.8 Å². The number of nitrogens with one attached hydrogen (secondary N) is 1. The number of aliphatic imine (C=N–C) groups is 1. The Hall–Kier alpha value is -2.51. The first kappa shape index (κ1) is 21.2. The Morgan fingerprint density at radius 2 is 2.10 bits per heavy atom. The van der Waals surface area contributed by atoms with E-state index in [0.29, 0.717) is 33.9 Å². The van der Waals surface area contributed by atoms with Gasteiger partial charge >= 0.3 is 0 Å². The fourth-order valence-corrected chi connectivity index (χ4v) is 4.10. The summed E-state index contributed by atoms with van der Waals surface area (Å²) in [6.07, 6.45) is 0.0559. The first-order valence-electron chi connectivity index (χ1n) is 9.19. The van der Waals surface area contributed by atoms with Crippen LogP contribution in [0.3, 0.4) is 0 Å². The highest BCUT2D eigenvalue weighted by molar-refractivity contribution is 8.15. The lowest BCUT2D eigenvalue weighted by Crippen LogP contribution is -2.30. The summed E-state index contributed by atoms with van der Waals surface area (Å²) in [7, 11) is 1.66. The molecular formula is C21H22ClN3O3S. The molecule has 1 saturated heterocycles. The summed E-state index contributed by atoms with van der Waals surface area (Å²) in [6.45, 7) is 4.36. The molecule has 1 aliphatic heterocycles. The summed E-state index contributed by atoms with van der Waals surface area (Å²) in [4.78, 5) is 31.0. The van der Waals surface area contributed by atoms with E-state index in [9.17, 15) is 9.59 Å². The SMILES string of the molecule is CCOc1cccc(NC(=O)C[C@@H]2SC(=Nc3ccc(C)c(Cl)c3)N(C)C2=O)c1. The normalized spacial score (nSPS) is 17.7. The molecule has 1 atom stereocenters. The molecule has 1 fully saturated rings. The van der Waals surface area contributed by atoms with Gasteiger partial charge in [-0.3, -0.25) is 14.5 Å². The lowest BCUT2D eigenvalue weighted by molar-refractivity contribution is -0.127. The van der Waals surface area contributed by atoms with Crippen LogP contribution in [0.2, 0.25) is 5.02 Å². The molecule has 0 unspecified atom stereocenters. The average Bonchev–Trinajstić information content (AvgIpc) is 2.93. The Morgan fingerprint density at radius 1 is 1.31 bits per heavy atom. The van der Waals surface area contributed by atoms with Gasteiger partial charge < -0.3 is 10.1 Å². The first-order chi connectivity index (χ1) is 13.9. The minimum atomic E-state index is -0.519. The molecule has 1 N–H and O–H groups in total. The van der Waals surface area contributed by atoms with E-state index in [1.54, 1.807) is 31.3 Å². The van der Waals surface area contributed by atoms with Gasteiger partial charge in [0.25, 0.3) is 0 Å². The third kappa shape index (κ3) is 5.31. The molecule has 152 valence electrons. The van der Waals surface area contributed by atoms with Gasteiger partial charge in [0.05, 0.1) is 12.3 Å². The van der Waals surface area contributed by atoms with Gasteiger partial charge in [-0.2, -0.15) is 0 Å². The minimum Gasteiger partial charge on any atom is -0.494 e. The molecule has 1 heterocycles. The lowest BCUT2D eigenvalue weighted by Gasteiger charge is -2.10. The van der Waals surface area contributed by atoms with Gasteiger partial charge in [-0.05, 0) is 43.7 Å². The van der Waals surface area contributed by atoms with Crippen LogP contribution in [-0.2, 0) is 9.59 Å². The summed E-state index contributed by atoms with van der Waals surface area (Å²) < 4.78 is 5.44. The Bertz CT molecular complexity index is 964. The standard InChI is InChI=1S/C21H22ClN3O3S/c1-4-28-16-7-5-6-14(10-16)23-19(26)12-18-20(27)25(3)21(29-18)24-15-9-8-13(2)17(22)11-15/h5-11,18H,4,12H2,1-3H3,(H,23,26)/t18-/m0/s1. The number of aryl methyl sites for hydroxylation is 1. The van der Waals surface area contributed by atoms with Crippen molar-refractivity contribution in [3.63, 3.8) is 0 Å². The second-order valence-electron chi connectivity index (χ2n) is 6.54. The molecule has 2 aromatic carbocycles. The van der Waals surface area contributed by atoms with Gasteiger partial charge in [0, 0.05) is 30.2 Å². The molecule has 2 amide bonds. The number of hydrogen-bond acceptors (Lipinski definition) is 5. The van der Waals surface area contributed by atoms with Crippen LogP contribution in [0.15, 0.2) is 47.5 Å². The van der Waals surface area contributed by atoms with E-state index < -0.39 is 5.25 Å². The number of benzene rings is 2. The van der Waals surface area contributed by atoms with Crippen LogP contribution in [0, 0.1) is 6.92 Å². The number of carbonyl (C=O) groups excluding carboxylic acids is 2. The number of anilines is 1. The maximum absolute atomic E-state index is 12.6. The molecule has 2 aromatic rings. The van der Waals surface area contributed by atoms with Gasteiger partial charge in [-0.1, -0.05) is 35.5 Å². The number of amides is 2. The Balaban J connectivity index is 1.66. The number of ether oxygens (including phenoxy) is 1. The number of halogens is 1. The third-order valence-electron chi connectivity index (χ3n) is 4.32. The summed E-state index contributed by atoms with van der Waals surface area (Å²) in [5, 5.41) is 3.47. The smallest absolute Gasteiger partial charge is 0.242 e. The molecule has 6 nitrogen and oxygen atoms in total. The number of carbonyl (C=O) groups is 2. The molecule has 0 radical (unpaired) electrons. The Kier molecular flexibility index (Phi) is 6.82. The van der Waals surface area contributed by atoms with Gasteiger partial charge in [0.2, 0.25) is 11.8 Å². The van der Waals surface area contributed by atoms with Crippen molar-refractivity contribution in [3.05, 3.63) is 53.1 Å². The number of hydrogen-bond donors (Lipinski definition) is 1. The van der Waals surface area contributed by atoms with Crippen molar-refractivity contribution < 1.29 is 14.3 Å². The highest BCUT2D eigenvalue weighted by atomic mass is 35.5. The van der Waals surface area contributed by atoms with Crippen molar-refractivity contribution in [1.82, 2.24) is 4.90 Å². The van der Waals surface area contributed by atoms with E-state index in [1.165, 1.54) is 16.7 Å². The van der Waals surface area contributed by atoms with Crippen LogP contribution >= 0.6 is 23.4 Å². The average molecular weight is 432 g/mol. The zero-order valence-corrected chi connectivity index (χ0v) is 18.0. The van der Waals surface area contributed by atoms with Crippen molar-refractivity contribution in [2.24, 2.45) is 4.99 Å². The van der Waals surface area contributed by atoms with Crippen molar-refractivity contribution in [3.8, 4) is 5.75 Å². The van der Waals surface area contributed by atoms with E-state index in [-0.39, 0.29) is 18.2 Å². The largest absolute Gasteiger partial charge is 0.494 e. The topological polar surface area (TPSA) is 71.0 Å². The van der Waals surface area contributed by atoms with Gasteiger partial charge in [-0.15, -0.1) is 0 Å². The van der Waals surface area contributed by atoms with Crippen molar-refractivity contribution >= 4 is 51.7 Å². The van der Waals surface area contributed by atoms with E-state index in [2.05, 4.69) is 10.3 Å². The fourth-order valence-electron chi connectivity index (χ4n) is 2.77. The second kappa shape index (κ2) is 9.33. The molecule has 8 heteroatoms. The molecule has 0 saturated carbocycles. The van der Waals surface area contributed by atoms with Gasteiger partial charge in [-0.25, -0.2) is 4.99 Å². The maximum Gasteiger partial charge on any atom is 0.242 e. The molecule has 0 bridgehead atoms.